The van der Waals surface area contributed by atoms with E-state index >= 15 is 0 Å². The van der Waals surface area contributed by atoms with Gasteiger partial charge in [0.05, 0.1) is 11.9 Å². The molecule has 184 valence electrons. The molecular formula is C21H15ClF6N6O. The Morgan fingerprint density at radius 3 is 2.26 bits per heavy atom. The number of hydrogen-bond donors (Lipinski definition) is 2. The average Bonchev–Trinajstić information content (AvgIpc) is 3.20. The number of halogens is 7. The van der Waals surface area contributed by atoms with Gasteiger partial charge in [0.2, 0.25) is 5.82 Å². The molecular weight excluding hydrogens is 502 g/mol. The summed E-state index contributed by atoms with van der Waals surface area (Å²) in [6.45, 7) is -1.46. The summed E-state index contributed by atoms with van der Waals surface area (Å²) in [5.74, 6) is -1.24. The number of imidazole rings is 1. The summed E-state index contributed by atoms with van der Waals surface area (Å²) < 4.78 is 76.5. The van der Waals surface area contributed by atoms with Crippen molar-refractivity contribution < 1.29 is 31.1 Å². The average molecular weight is 517 g/mol. The van der Waals surface area contributed by atoms with Gasteiger partial charge in [-0.15, -0.1) is 12.4 Å². The lowest BCUT2D eigenvalue weighted by molar-refractivity contribution is -0.145. The van der Waals surface area contributed by atoms with Gasteiger partial charge in [-0.05, 0) is 29.8 Å². The molecule has 14 heteroatoms. The number of carbonyl (C=O) groups excluding carboxylic acids is 1. The third-order valence-corrected chi connectivity index (χ3v) is 4.62. The van der Waals surface area contributed by atoms with Crippen molar-refractivity contribution in [2.24, 2.45) is 0 Å². The highest BCUT2D eigenvalue weighted by Crippen LogP contribution is 2.29. The molecule has 0 aliphatic rings. The summed E-state index contributed by atoms with van der Waals surface area (Å²) in [5.41, 5.74) is 2.90. The number of alkyl halides is 6. The number of fused-ring (bicyclic) bond motifs is 1. The first-order valence-corrected chi connectivity index (χ1v) is 9.58. The van der Waals surface area contributed by atoms with Crippen LogP contribution in [0.1, 0.15) is 5.82 Å². The number of carbonyl (C=O) groups is 1. The number of benzene rings is 1. The molecule has 0 radical (unpaired) electrons. The van der Waals surface area contributed by atoms with Crippen LogP contribution >= 0.6 is 12.4 Å². The van der Waals surface area contributed by atoms with Crippen molar-refractivity contribution in [3.05, 3.63) is 67.0 Å². The summed E-state index contributed by atoms with van der Waals surface area (Å²) in [4.78, 5) is 22.7. The molecule has 0 aliphatic heterocycles. The highest BCUT2D eigenvalue weighted by atomic mass is 35.5. The van der Waals surface area contributed by atoms with Crippen LogP contribution in [0.2, 0.25) is 0 Å². The predicted molar refractivity (Wildman–Crippen MR) is 117 cm³/mol. The summed E-state index contributed by atoms with van der Waals surface area (Å²) in [7, 11) is 0. The molecule has 2 amide bonds. The summed E-state index contributed by atoms with van der Waals surface area (Å²) in [5, 5.41) is 4.06. The van der Waals surface area contributed by atoms with Gasteiger partial charge in [0, 0.05) is 35.4 Å². The van der Waals surface area contributed by atoms with Gasteiger partial charge in [-0.1, -0.05) is 12.1 Å². The Kier molecular flexibility index (Phi) is 7.19. The van der Waals surface area contributed by atoms with Crippen molar-refractivity contribution >= 4 is 29.8 Å². The number of anilines is 1. The number of urea groups is 1. The molecule has 4 rings (SSSR count). The third kappa shape index (κ3) is 6.18. The molecule has 0 aliphatic carbocycles. The molecule has 0 fully saturated rings. The number of nitrogens with one attached hydrogen (secondary N) is 2. The first-order chi connectivity index (χ1) is 16.0. The van der Waals surface area contributed by atoms with Crippen LogP contribution in [0.5, 0.6) is 0 Å². The normalized spacial score (nSPS) is 11.7. The van der Waals surface area contributed by atoms with Gasteiger partial charge >= 0.3 is 18.4 Å². The molecule has 0 atom stereocenters. The van der Waals surface area contributed by atoms with Gasteiger partial charge in [0.1, 0.15) is 12.2 Å². The molecule has 3 aromatic heterocycles. The zero-order chi connectivity index (χ0) is 24.5. The van der Waals surface area contributed by atoms with E-state index in [1.807, 2.05) is 0 Å². The lowest BCUT2D eigenvalue weighted by Gasteiger charge is -2.11. The molecule has 1 aromatic carbocycles. The Hall–Kier alpha value is -3.87. The minimum Gasteiger partial charge on any atom is -0.329 e. The van der Waals surface area contributed by atoms with E-state index < -0.39 is 30.8 Å². The summed E-state index contributed by atoms with van der Waals surface area (Å²) in [6, 6.07) is 8.70. The fraction of sp³-hybridized carbons (Fsp3) is 0.143. The zero-order valence-electron chi connectivity index (χ0n) is 17.4. The molecule has 0 saturated carbocycles. The van der Waals surface area contributed by atoms with Gasteiger partial charge in [0.15, 0.2) is 0 Å². The Labute approximate surface area is 199 Å². The maximum absolute atomic E-state index is 12.7. The van der Waals surface area contributed by atoms with Crippen LogP contribution in [0.25, 0.3) is 28.0 Å². The van der Waals surface area contributed by atoms with E-state index in [1.54, 1.807) is 52.4 Å². The van der Waals surface area contributed by atoms with Gasteiger partial charge in [-0.3, -0.25) is 4.40 Å². The molecule has 0 unspecified atom stereocenters. The standard InChI is InChI=1S/C21H14F6N6O.ClH/c22-20(23,24)11-31-19(34)32-15-3-1-2-13(6-15)16-10-28-17-7-12(4-5-33(16)17)14-8-29-18(30-9-14)21(25,26)27;/h1-10H,11H2,(H2,31,32,34);1H. The van der Waals surface area contributed by atoms with Crippen molar-refractivity contribution in [2.75, 3.05) is 11.9 Å². The van der Waals surface area contributed by atoms with Crippen molar-refractivity contribution in [2.45, 2.75) is 12.4 Å². The highest BCUT2D eigenvalue weighted by Gasteiger charge is 2.34. The number of nitrogens with zero attached hydrogens (tertiary/aromatic N) is 4. The van der Waals surface area contributed by atoms with E-state index in [4.69, 9.17) is 0 Å². The number of amides is 2. The summed E-state index contributed by atoms with van der Waals surface area (Å²) in [6.07, 6.45) is -3.81. The predicted octanol–water partition coefficient (Wildman–Crippen LogP) is 5.58. The lowest BCUT2D eigenvalue weighted by Crippen LogP contribution is -2.36. The maximum atomic E-state index is 12.7. The Bertz CT molecular complexity index is 1340. The third-order valence-electron chi connectivity index (χ3n) is 4.62. The van der Waals surface area contributed by atoms with Crippen LogP contribution in [-0.2, 0) is 6.18 Å². The van der Waals surface area contributed by atoms with Crippen LogP contribution in [0.3, 0.4) is 0 Å². The van der Waals surface area contributed by atoms with Gasteiger partial charge < -0.3 is 10.6 Å². The highest BCUT2D eigenvalue weighted by molar-refractivity contribution is 5.90. The largest absolute Gasteiger partial charge is 0.451 e. The molecule has 0 spiro atoms. The van der Waals surface area contributed by atoms with Crippen LogP contribution in [0.4, 0.5) is 36.8 Å². The maximum Gasteiger partial charge on any atom is 0.451 e. The van der Waals surface area contributed by atoms with Crippen LogP contribution < -0.4 is 10.6 Å². The molecule has 35 heavy (non-hydrogen) atoms. The van der Waals surface area contributed by atoms with E-state index in [-0.39, 0.29) is 18.1 Å². The van der Waals surface area contributed by atoms with Crippen molar-refractivity contribution in [1.29, 1.82) is 0 Å². The van der Waals surface area contributed by atoms with Gasteiger partial charge in [-0.25, -0.2) is 19.7 Å². The fourth-order valence-electron chi connectivity index (χ4n) is 3.11. The smallest absolute Gasteiger partial charge is 0.329 e. The second-order valence-electron chi connectivity index (χ2n) is 7.08. The topological polar surface area (TPSA) is 84.2 Å². The molecule has 0 saturated heterocycles. The molecule has 2 N–H and O–H groups in total. The van der Waals surface area contributed by atoms with E-state index in [2.05, 4.69) is 20.3 Å². The van der Waals surface area contributed by atoms with Crippen LogP contribution in [0.15, 0.2) is 61.2 Å². The Balaban J connectivity index is 0.00000342. The second-order valence-corrected chi connectivity index (χ2v) is 7.08. The monoisotopic (exact) mass is 516 g/mol. The molecule has 4 aromatic rings. The second kappa shape index (κ2) is 9.78. The first kappa shape index (κ1) is 25.7. The number of pyridine rings is 1. The Morgan fingerprint density at radius 2 is 1.60 bits per heavy atom. The lowest BCUT2D eigenvalue weighted by atomic mass is 10.1. The molecule has 7 nitrogen and oxygen atoms in total. The van der Waals surface area contributed by atoms with Crippen LogP contribution in [0, 0.1) is 0 Å². The van der Waals surface area contributed by atoms with E-state index in [9.17, 15) is 31.1 Å². The Morgan fingerprint density at radius 1 is 0.886 bits per heavy atom. The number of rotatable bonds is 4. The van der Waals surface area contributed by atoms with Crippen LogP contribution in [-0.4, -0.2) is 38.1 Å². The van der Waals surface area contributed by atoms with E-state index in [0.717, 1.165) is 12.4 Å². The SMILES string of the molecule is Cl.O=C(NCC(F)(F)F)Nc1cccc(-c2cnc3cc(-c4cnc(C(F)(F)F)nc4)ccn23)c1. The van der Waals surface area contributed by atoms with E-state index in [1.165, 1.54) is 6.07 Å². The minimum absolute atomic E-state index is 0. The number of hydrogen-bond acceptors (Lipinski definition) is 4. The van der Waals surface area contributed by atoms with Gasteiger partial charge in [-0.2, -0.15) is 26.3 Å². The first-order valence-electron chi connectivity index (χ1n) is 9.58. The van der Waals surface area contributed by atoms with E-state index in [0.29, 0.717) is 28.0 Å². The zero-order valence-corrected chi connectivity index (χ0v) is 18.2. The van der Waals surface area contributed by atoms with Crippen molar-refractivity contribution in [3.8, 4) is 22.4 Å². The van der Waals surface area contributed by atoms with Crippen molar-refractivity contribution in [1.82, 2.24) is 24.7 Å². The minimum atomic E-state index is -4.64. The summed E-state index contributed by atoms with van der Waals surface area (Å²) >= 11 is 0. The molecule has 3 heterocycles. The molecule has 0 bridgehead atoms. The van der Waals surface area contributed by atoms with Gasteiger partial charge in [0.25, 0.3) is 0 Å². The van der Waals surface area contributed by atoms with Crippen molar-refractivity contribution in [3.63, 3.8) is 0 Å². The fourth-order valence-corrected chi connectivity index (χ4v) is 3.11. The number of aromatic nitrogens is 4. The quantitative estimate of drug-likeness (QED) is 0.347.